The second kappa shape index (κ2) is 9.67. The molecule has 138 valence electrons. The van der Waals surface area contributed by atoms with Gasteiger partial charge in [-0.15, -0.1) is 0 Å². The highest BCUT2D eigenvalue weighted by molar-refractivity contribution is 6.43. The van der Waals surface area contributed by atoms with Crippen LogP contribution < -0.4 is 14.9 Å². The Labute approximate surface area is 166 Å². The number of rotatable bonds is 7. The van der Waals surface area contributed by atoms with Gasteiger partial charge in [-0.05, 0) is 42.3 Å². The van der Waals surface area contributed by atoms with Crippen molar-refractivity contribution in [3.8, 4) is 11.5 Å². The fraction of sp³-hybridized carbons (Fsp3) is 0.222. The number of nitrogens with zero attached hydrogens (tertiary/aromatic N) is 1. The van der Waals surface area contributed by atoms with E-state index in [9.17, 15) is 4.79 Å². The highest BCUT2D eigenvalue weighted by Gasteiger charge is 2.10. The molecule has 2 aromatic carbocycles. The predicted octanol–water partition coefficient (Wildman–Crippen LogP) is 4.96. The van der Waals surface area contributed by atoms with Gasteiger partial charge in [0.1, 0.15) is 11.5 Å². The Morgan fingerprint density at radius 2 is 1.73 bits per heavy atom. The predicted molar refractivity (Wildman–Crippen MR) is 105 cm³/mol. The van der Waals surface area contributed by atoms with Crippen molar-refractivity contribution in [3.63, 3.8) is 0 Å². The summed E-state index contributed by atoms with van der Waals surface area (Å²) < 4.78 is 10.5. The summed E-state index contributed by atoms with van der Waals surface area (Å²) in [4.78, 5) is 12.0. The maximum Gasteiger partial charge on any atom is 0.277 e. The first-order valence-electron chi connectivity index (χ1n) is 7.71. The lowest BCUT2D eigenvalue weighted by Crippen LogP contribution is -2.26. The van der Waals surface area contributed by atoms with E-state index in [2.05, 4.69) is 10.5 Å². The zero-order chi connectivity index (χ0) is 19.1. The van der Waals surface area contributed by atoms with Crippen LogP contribution in [0.2, 0.25) is 15.1 Å². The van der Waals surface area contributed by atoms with Crippen LogP contribution in [0.25, 0.3) is 0 Å². The third-order valence-electron chi connectivity index (χ3n) is 3.41. The molecule has 26 heavy (non-hydrogen) atoms. The fourth-order valence-electron chi connectivity index (χ4n) is 2.05. The number of halogens is 3. The van der Waals surface area contributed by atoms with Crippen molar-refractivity contribution in [1.82, 2.24) is 5.43 Å². The van der Waals surface area contributed by atoms with Gasteiger partial charge in [0, 0.05) is 6.07 Å². The smallest absolute Gasteiger partial charge is 0.277 e. The summed E-state index contributed by atoms with van der Waals surface area (Å²) in [5.41, 5.74) is 4.09. The molecule has 0 spiro atoms. The quantitative estimate of drug-likeness (QED) is 0.395. The van der Waals surface area contributed by atoms with Crippen LogP contribution in [0.1, 0.15) is 18.9 Å². The lowest BCUT2D eigenvalue weighted by Gasteiger charge is -2.09. The van der Waals surface area contributed by atoms with Crippen LogP contribution >= 0.6 is 34.8 Å². The molecule has 2 aromatic rings. The average Bonchev–Trinajstić information content (AvgIpc) is 2.64. The molecule has 5 nitrogen and oxygen atoms in total. The third-order valence-corrected chi connectivity index (χ3v) is 4.42. The van der Waals surface area contributed by atoms with Crippen LogP contribution in [0.4, 0.5) is 0 Å². The standard InChI is InChI=1S/C18H17Cl3N2O3/c1-3-16(11-4-6-12(25-2)7-5-11)22-23-18(24)10-26-17-9-14(20)13(19)8-15(17)21/h4-9H,3,10H2,1-2H3,(H,23,24). The Kier molecular flexibility index (Phi) is 7.57. The molecule has 0 fully saturated rings. The Balaban J connectivity index is 1.97. The van der Waals surface area contributed by atoms with E-state index in [1.54, 1.807) is 7.11 Å². The maximum absolute atomic E-state index is 12.0. The van der Waals surface area contributed by atoms with Crippen molar-refractivity contribution in [2.75, 3.05) is 13.7 Å². The summed E-state index contributed by atoms with van der Waals surface area (Å²) in [5.74, 6) is 0.595. The normalized spacial score (nSPS) is 11.2. The first-order valence-corrected chi connectivity index (χ1v) is 8.85. The molecule has 0 heterocycles. The van der Waals surface area contributed by atoms with Crippen LogP contribution in [0.15, 0.2) is 41.5 Å². The highest BCUT2D eigenvalue weighted by Crippen LogP contribution is 2.33. The molecule has 0 aliphatic heterocycles. The van der Waals surface area contributed by atoms with Crippen molar-refractivity contribution < 1.29 is 14.3 Å². The number of carbonyl (C=O) groups is 1. The SMILES string of the molecule is CCC(=NNC(=O)COc1cc(Cl)c(Cl)cc1Cl)c1ccc(OC)cc1. The molecule has 0 saturated heterocycles. The minimum atomic E-state index is -0.424. The van der Waals surface area contributed by atoms with Crippen LogP contribution in [0.3, 0.4) is 0 Å². The van der Waals surface area contributed by atoms with Crippen molar-refractivity contribution in [2.24, 2.45) is 5.10 Å². The van der Waals surface area contributed by atoms with Gasteiger partial charge in [0.25, 0.3) is 5.91 Å². The van der Waals surface area contributed by atoms with E-state index < -0.39 is 5.91 Å². The van der Waals surface area contributed by atoms with E-state index in [0.717, 1.165) is 17.0 Å². The fourth-order valence-corrected chi connectivity index (χ4v) is 2.64. The molecule has 2 rings (SSSR count). The van der Waals surface area contributed by atoms with Crippen LogP contribution in [0.5, 0.6) is 11.5 Å². The molecule has 0 radical (unpaired) electrons. The molecule has 1 N–H and O–H groups in total. The minimum absolute atomic E-state index is 0.263. The summed E-state index contributed by atoms with van der Waals surface area (Å²) in [6.45, 7) is 1.68. The van der Waals surface area contributed by atoms with E-state index in [1.165, 1.54) is 12.1 Å². The van der Waals surface area contributed by atoms with Crippen molar-refractivity contribution in [3.05, 3.63) is 57.0 Å². The Morgan fingerprint density at radius 3 is 2.35 bits per heavy atom. The summed E-state index contributed by atoms with van der Waals surface area (Å²) in [6.07, 6.45) is 0.645. The van der Waals surface area contributed by atoms with Gasteiger partial charge in [0.05, 0.1) is 27.9 Å². The number of hydrazone groups is 1. The molecule has 8 heteroatoms. The highest BCUT2D eigenvalue weighted by atomic mass is 35.5. The van der Waals surface area contributed by atoms with Crippen LogP contribution in [0, 0.1) is 0 Å². The molecular formula is C18H17Cl3N2O3. The van der Waals surface area contributed by atoms with E-state index in [0.29, 0.717) is 11.4 Å². The van der Waals surface area contributed by atoms with Gasteiger partial charge >= 0.3 is 0 Å². The summed E-state index contributed by atoms with van der Waals surface area (Å²) in [5, 5.41) is 5.02. The lowest BCUT2D eigenvalue weighted by atomic mass is 10.1. The molecule has 0 saturated carbocycles. The molecule has 0 aliphatic rings. The van der Waals surface area contributed by atoms with Crippen LogP contribution in [-0.2, 0) is 4.79 Å². The minimum Gasteiger partial charge on any atom is -0.497 e. The largest absolute Gasteiger partial charge is 0.497 e. The first-order chi connectivity index (χ1) is 12.4. The number of amides is 1. The zero-order valence-corrected chi connectivity index (χ0v) is 16.5. The summed E-state index contributed by atoms with van der Waals surface area (Å²) in [6, 6.07) is 10.3. The Bertz CT molecular complexity index is 808. The topological polar surface area (TPSA) is 59.9 Å². The second-order valence-corrected chi connectivity index (χ2v) is 6.38. The van der Waals surface area contributed by atoms with Crippen LogP contribution in [-0.4, -0.2) is 25.3 Å². The third kappa shape index (κ3) is 5.53. The van der Waals surface area contributed by atoms with Crippen molar-refractivity contribution in [2.45, 2.75) is 13.3 Å². The zero-order valence-electron chi connectivity index (χ0n) is 14.2. The van der Waals surface area contributed by atoms with Gasteiger partial charge in [0.2, 0.25) is 0 Å². The van der Waals surface area contributed by atoms with E-state index in [-0.39, 0.29) is 22.4 Å². The van der Waals surface area contributed by atoms with Gasteiger partial charge in [0.15, 0.2) is 6.61 Å². The van der Waals surface area contributed by atoms with Gasteiger partial charge in [-0.3, -0.25) is 4.79 Å². The summed E-state index contributed by atoms with van der Waals surface area (Å²) in [7, 11) is 1.60. The molecular weight excluding hydrogens is 399 g/mol. The number of hydrogen-bond donors (Lipinski definition) is 1. The van der Waals surface area contributed by atoms with Gasteiger partial charge < -0.3 is 9.47 Å². The number of methoxy groups -OCH3 is 1. The number of carbonyl (C=O) groups excluding carboxylic acids is 1. The number of nitrogens with one attached hydrogen (secondary N) is 1. The Hall–Kier alpha value is -1.95. The maximum atomic E-state index is 12.0. The van der Waals surface area contributed by atoms with E-state index >= 15 is 0 Å². The Morgan fingerprint density at radius 1 is 1.08 bits per heavy atom. The molecule has 0 atom stereocenters. The molecule has 0 unspecified atom stereocenters. The monoisotopic (exact) mass is 414 g/mol. The van der Waals surface area contributed by atoms with Gasteiger partial charge in [-0.25, -0.2) is 5.43 Å². The lowest BCUT2D eigenvalue weighted by molar-refractivity contribution is -0.123. The second-order valence-electron chi connectivity index (χ2n) is 5.16. The molecule has 0 aromatic heterocycles. The molecule has 0 aliphatic carbocycles. The summed E-state index contributed by atoms with van der Waals surface area (Å²) >= 11 is 17.8. The number of benzene rings is 2. The van der Waals surface area contributed by atoms with Crippen molar-refractivity contribution in [1.29, 1.82) is 0 Å². The molecule has 1 amide bonds. The van der Waals surface area contributed by atoms with Crippen molar-refractivity contribution >= 4 is 46.4 Å². The first kappa shape index (κ1) is 20.4. The average molecular weight is 416 g/mol. The van der Waals surface area contributed by atoms with E-state index in [4.69, 9.17) is 44.3 Å². The number of ether oxygens (including phenoxy) is 2. The molecule has 0 bridgehead atoms. The van der Waals surface area contributed by atoms with Gasteiger partial charge in [-0.1, -0.05) is 41.7 Å². The number of hydrogen-bond acceptors (Lipinski definition) is 4. The van der Waals surface area contributed by atoms with E-state index in [1.807, 2.05) is 31.2 Å². The van der Waals surface area contributed by atoms with Gasteiger partial charge in [-0.2, -0.15) is 5.10 Å².